The molecule has 8 heavy (non-hydrogen) atoms. The first-order valence-corrected chi connectivity index (χ1v) is 4.03. The summed E-state index contributed by atoms with van der Waals surface area (Å²) in [6.45, 7) is 0.292. The zero-order chi connectivity index (χ0) is 6.41. The van der Waals surface area contributed by atoms with Gasteiger partial charge in [0.1, 0.15) is 0 Å². The average Bonchev–Trinajstić information content (AvgIpc) is 1.83. The van der Waals surface area contributed by atoms with Crippen molar-refractivity contribution in [1.29, 1.82) is 0 Å². The molecule has 0 saturated heterocycles. The lowest BCUT2D eigenvalue weighted by Crippen LogP contribution is -2.21. The number of thioether (sulfide) groups is 1. The van der Waals surface area contributed by atoms with Gasteiger partial charge in [-0.2, -0.15) is 0 Å². The van der Waals surface area contributed by atoms with Gasteiger partial charge in [-0.15, -0.1) is 11.8 Å². The van der Waals surface area contributed by atoms with Gasteiger partial charge >= 0.3 is 0 Å². The summed E-state index contributed by atoms with van der Waals surface area (Å²) in [6.07, 6.45) is 0. The number of nitrogens with one attached hydrogen (secondary N) is 1. The molecule has 0 aliphatic rings. The lowest BCUT2D eigenvalue weighted by atomic mass is 10.7. The molecule has 0 aromatic rings. The molecule has 1 atom stereocenters. The maximum atomic E-state index is 6.81. The van der Waals surface area contributed by atoms with Crippen LogP contribution in [0, 0.1) is 0 Å². The van der Waals surface area contributed by atoms with E-state index in [1.165, 1.54) is 0 Å². The van der Waals surface area contributed by atoms with Gasteiger partial charge in [-0.05, 0) is 0 Å². The Morgan fingerprint density at radius 3 is 2.75 bits per heavy atom. The van der Waals surface area contributed by atoms with E-state index in [9.17, 15) is 0 Å². The van der Waals surface area contributed by atoms with Gasteiger partial charge in [0.05, 0.1) is 5.37 Å². The van der Waals surface area contributed by atoms with Crippen LogP contribution in [0.25, 0.3) is 0 Å². The molecule has 2 nitrogen and oxygen atoms in total. The van der Waals surface area contributed by atoms with Crippen LogP contribution in [0.15, 0.2) is 0 Å². The number of hydrogen-bond donors (Lipinski definition) is 1. The summed E-state index contributed by atoms with van der Waals surface area (Å²) in [4.78, 5) is 0. The SMILES string of the molecule is [NH]CC(N)SCC[S]. The number of hydrogen-bond acceptors (Lipinski definition) is 2. The first-order chi connectivity index (χ1) is 3.81. The smallest absolute Gasteiger partial charge is 0.0648 e. The molecule has 0 bridgehead atoms. The first kappa shape index (κ1) is 8.62. The normalized spacial score (nSPS) is 13.9. The molecule has 0 amide bonds. The van der Waals surface area contributed by atoms with Gasteiger partial charge in [-0.3, -0.25) is 5.73 Å². The minimum Gasteiger partial charge on any atom is -0.318 e. The van der Waals surface area contributed by atoms with Crippen molar-refractivity contribution in [1.82, 2.24) is 5.73 Å². The average molecular weight is 150 g/mol. The monoisotopic (exact) mass is 150 g/mol. The fourth-order valence-corrected chi connectivity index (χ4v) is 1.06. The standard InChI is InChI=1S/C4H10N2S2/c5-3-4(6)8-2-1-7/h4-5H,1-3,6H2. The quantitative estimate of drug-likeness (QED) is 0.593. The van der Waals surface area contributed by atoms with E-state index < -0.39 is 0 Å². The lowest BCUT2D eigenvalue weighted by molar-refractivity contribution is 0.890. The van der Waals surface area contributed by atoms with Gasteiger partial charge in [-0.1, -0.05) is 12.6 Å². The minimum absolute atomic E-state index is 0.0297. The van der Waals surface area contributed by atoms with E-state index in [-0.39, 0.29) is 5.37 Å². The summed E-state index contributed by atoms with van der Waals surface area (Å²) in [5.74, 6) is 1.63. The Morgan fingerprint density at radius 2 is 2.38 bits per heavy atom. The van der Waals surface area contributed by atoms with Crippen molar-refractivity contribution in [3.63, 3.8) is 0 Å². The molecule has 0 spiro atoms. The van der Waals surface area contributed by atoms with Gasteiger partial charge in [0, 0.05) is 18.1 Å². The van der Waals surface area contributed by atoms with Crippen LogP contribution in [0.3, 0.4) is 0 Å². The molecule has 3 N–H and O–H groups in total. The molecule has 0 saturated carbocycles. The van der Waals surface area contributed by atoms with E-state index >= 15 is 0 Å². The second kappa shape index (κ2) is 5.75. The largest absolute Gasteiger partial charge is 0.318 e. The van der Waals surface area contributed by atoms with Crippen molar-refractivity contribution >= 4 is 24.4 Å². The Kier molecular flexibility index (Phi) is 6.20. The van der Waals surface area contributed by atoms with E-state index in [0.717, 1.165) is 11.5 Å². The lowest BCUT2D eigenvalue weighted by Gasteiger charge is -2.03. The number of rotatable bonds is 4. The summed E-state index contributed by atoms with van der Waals surface area (Å²) < 4.78 is 0. The summed E-state index contributed by atoms with van der Waals surface area (Å²) in [5, 5.41) is -0.0297. The van der Waals surface area contributed by atoms with Crippen LogP contribution < -0.4 is 11.5 Å². The molecule has 4 heteroatoms. The summed E-state index contributed by atoms with van der Waals surface area (Å²) in [7, 11) is 0. The van der Waals surface area contributed by atoms with Crippen LogP contribution in [0.1, 0.15) is 0 Å². The van der Waals surface area contributed by atoms with Gasteiger partial charge in [0.25, 0.3) is 0 Å². The topological polar surface area (TPSA) is 49.8 Å². The Hall–Kier alpha value is 0.620. The van der Waals surface area contributed by atoms with Crippen molar-refractivity contribution < 1.29 is 0 Å². The zero-order valence-electron chi connectivity index (χ0n) is 4.59. The maximum absolute atomic E-state index is 6.81. The highest BCUT2D eigenvalue weighted by Crippen LogP contribution is 2.03. The fourth-order valence-electron chi connectivity index (χ4n) is 0.258. The van der Waals surface area contributed by atoms with Crippen molar-refractivity contribution in [2.75, 3.05) is 18.1 Å². The zero-order valence-corrected chi connectivity index (χ0v) is 6.23. The fraction of sp³-hybridized carbons (Fsp3) is 1.00. The highest BCUT2D eigenvalue weighted by atomic mass is 32.2. The van der Waals surface area contributed by atoms with E-state index in [2.05, 4.69) is 12.6 Å². The van der Waals surface area contributed by atoms with E-state index in [4.69, 9.17) is 11.5 Å². The van der Waals surface area contributed by atoms with Gasteiger partial charge in [0.15, 0.2) is 0 Å². The molecule has 2 radical (unpaired) electrons. The van der Waals surface area contributed by atoms with E-state index in [1.54, 1.807) is 11.8 Å². The predicted octanol–water partition coefficient (Wildman–Crippen LogP) is 0.485. The van der Waals surface area contributed by atoms with Crippen molar-refractivity contribution in [3.05, 3.63) is 0 Å². The van der Waals surface area contributed by atoms with Crippen molar-refractivity contribution in [3.8, 4) is 0 Å². The number of nitrogens with two attached hydrogens (primary N) is 1. The molecule has 0 aromatic carbocycles. The molecule has 0 rings (SSSR count). The third-order valence-electron chi connectivity index (χ3n) is 0.616. The molecule has 0 fully saturated rings. The molecule has 1 unspecified atom stereocenters. The van der Waals surface area contributed by atoms with Crippen molar-refractivity contribution in [2.45, 2.75) is 5.37 Å². The maximum Gasteiger partial charge on any atom is 0.0648 e. The van der Waals surface area contributed by atoms with Crippen LogP contribution in [0.4, 0.5) is 0 Å². The van der Waals surface area contributed by atoms with E-state index in [1.807, 2.05) is 0 Å². The van der Waals surface area contributed by atoms with Gasteiger partial charge in [-0.25, -0.2) is 0 Å². The highest BCUT2D eigenvalue weighted by molar-refractivity contribution is 8.00. The molecular formula is C4H10N2S2. The van der Waals surface area contributed by atoms with Crippen LogP contribution in [-0.2, 0) is 0 Å². The van der Waals surface area contributed by atoms with Crippen molar-refractivity contribution in [2.24, 2.45) is 5.73 Å². The molecular weight excluding hydrogens is 140 g/mol. The molecule has 0 heterocycles. The Labute approximate surface area is 59.8 Å². The van der Waals surface area contributed by atoms with Crippen LogP contribution in [0.2, 0.25) is 0 Å². The molecule has 0 aliphatic carbocycles. The molecule has 48 valence electrons. The summed E-state index contributed by atoms with van der Waals surface area (Å²) >= 11 is 6.24. The van der Waals surface area contributed by atoms with Crippen LogP contribution >= 0.6 is 24.4 Å². The Balaban J connectivity index is 2.86. The van der Waals surface area contributed by atoms with Crippen LogP contribution in [-0.4, -0.2) is 23.4 Å². The first-order valence-electron chi connectivity index (χ1n) is 2.41. The third-order valence-corrected chi connectivity index (χ3v) is 2.11. The highest BCUT2D eigenvalue weighted by Gasteiger charge is 1.96. The van der Waals surface area contributed by atoms with Crippen LogP contribution in [0.5, 0.6) is 0 Å². The Bertz CT molecular complexity index is 51.3. The second-order valence-corrected chi connectivity index (χ2v) is 3.07. The van der Waals surface area contributed by atoms with E-state index in [0.29, 0.717) is 6.54 Å². The Morgan fingerprint density at radius 1 is 1.75 bits per heavy atom. The predicted molar refractivity (Wildman–Crippen MR) is 40.9 cm³/mol. The molecule has 0 aliphatic heterocycles. The van der Waals surface area contributed by atoms with Gasteiger partial charge in [0.2, 0.25) is 0 Å². The summed E-state index contributed by atoms with van der Waals surface area (Å²) in [5.41, 5.74) is 12.2. The second-order valence-electron chi connectivity index (χ2n) is 1.32. The molecule has 0 aromatic heterocycles. The minimum atomic E-state index is -0.0297. The summed E-state index contributed by atoms with van der Waals surface area (Å²) in [6, 6.07) is 0. The third kappa shape index (κ3) is 4.77. The van der Waals surface area contributed by atoms with Gasteiger partial charge < -0.3 is 5.73 Å².